The lowest BCUT2D eigenvalue weighted by molar-refractivity contribution is -0.384. The van der Waals surface area contributed by atoms with Crippen LogP contribution in [0.15, 0.2) is 36.4 Å². The third kappa shape index (κ3) is 2.81. The van der Waals surface area contributed by atoms with Crippen molar-refractivity contribution in [3.63, 3.8) is 0 Å². The first kappa shape index (κ1) is 13.0. The molecule has 0 radical (unpaired) electrons. The molecular weight excluding hydrogens is 270 g/mol. The van der Waals surface area contributed by atoms with Gasteiger partial charge in [0.05, 0.1) is 28.2 Å². The molecule has 7 nitrogen and oxygen atoms in total. The summed E-state index contributed by atoms with van der Waals surface area (Å²) >= 11 is 0. The molecule has 0 saturated carbocycles. The minimum atomic E-state index is -0.427. The number of benzene rings is 1. The second-order valence-electron chi connectivity index (χ2n) is 4.67. The molecule has 0 saturated heterocycles. The molecule has 21 heavy (non-hydrogen) atoms. The first-order valence-electron chi connectivity index (χ1n) is 6.42. The SMILES string of the molecule is Cc1cccc(CNc2nc3ccc([N+](=O)[O-])cc3[nH]2)n1. The van der Waals surface area contributed by atoms with Crippen LogP contribution in [0.25, 0.3) is 11.0 Å². The Bertz CT molecular complexity index is 812. The molecule has 1 aromatic carbocycles. The van der Waals surface area contributed by atoms with Gasteiger partial charge >= 0.3 is 0 Å². The van der Waals surface area contributed by atoms with Gasteiger partial charge in [-0.15, -0.1) is 0 Å². The molecule has 0 bridgehead atoms. The number of nitro groups is 1. The normalized spacial score (nSPS) is 10.7. The average Bonchev–Trinajstić information content (AvgIpc) is 2.87. The summed E-state index contributed by atoms with van der Waals surface area (Å²) in [6, 6.07) is 10.3. The highest BCUT2D eigenvalue weighted by Crippen LogP contribution is 2.20. The lowest BCUT2D eigenvalue weighted by atomic mass is 10.3. The highest BCUT2D eigenvalue weighted by Gasteiger charge is 2.09. The summed E-state index contributed by atoms with van der Waals surface area (Å²) in [5.41, 5.74) is 3.21. The van der Waals surface area contributed by atoms with Crippen LogP contribution in [0.2, 0.25) is 0 Å². The van der Waals surface area contributed by atoms with Crippen LogP contribution in [0.4, 0.5) is 11.6 Å². The third-order valence-corrected chi connectivity index (χ3v) is 3.06. The van der Waals surface area contributed by atoms with Crippen molar-refractivity contribution in [3.05, 3.63) is 57.9 Å². The number of nitrogens with zero attached hydrogens (tertiary/aromatic N) is 3. The van der Waals surface area contributed by atoms with Crippen molar-refractivity contribution < 1.29 is 4.92 Å². The summed E-state index contributed by atoms with van der Waals surface area (Å²) in [6.45, 7) is 2.47. The molecule has 2 N–H and O–H groups in total. The summed E-state index contributed by atoms with van der Waals surface area (Å²) in [4.78, 5) is 22.1. The van der Waals surface area contributed by atoms with Gasteiger partial charge in [0.1, 0.15) is 0 Å². The number of nitro benzene ring substituents is 1. The van der Waals surface area contributed by atoms with Gasteiger partial charge in [0.2, 0.25) is 5.95 Å². The van der Waals surface area contributed by atoms with Crippen molar-refractivity contribution >= 4 is 22.7 Å². The number of rotatable bonds is 4. The Labute approximate surface area is 120 Å². The minimum absolute atomic E-state index is 0.0399. The smallest absolute Gasteiger partial charge is 0.271 e. The van der Waals surface area contributed by atoms with E-state index in [9.17, 15) is 10.1 Å². The molecule has 3 rings (SSSR count). The van der Waals surface area contributed by atoms with Crippen LogP contribution in [0.5, 0.6) is 0 Å². The van der Waals surface area contributed by atoms with E-state index in [1.54, 1.807) is 6.07 Å². The largest absolute Gasteiger partial charge is 0.350 e. The van der Waals surface area contributed by atoms with Crippen LogP contribution in [0.3, 0.4) is 0 Å². The molecule has 0 amide bonds. The maximum Gasteiger partial charge on any atom is 0.271 e. The standard InChI is InChI=1S/C14H13N5O2/c1-9-3-2-4-10(16-9)8-15-14-17-12-6-5-11(19(20)21)7-13(12)18-14/h2-7H,8H2,1H3,(H2,15,17,18). The van der Waals surface area contributed by atoms with Gasteiger partial charge < -0.3 is 10.3 Å². The van der Waals surface area contributed by atoms with Gasteiger partial charge in [-0.3, -0.25) is 15.1 Å². The van der Waals surface area contributed by atoms with Gasteiger partial charge in [0.15, 0.2) is 0 Å². The molecule has 0 unspecified atom stereocenters. The molecule has 3 aromatic rings. The summed E-state index contributed by atoms with van der Waals surface area (Å²) in [5, 5.41) is 13.9. The van der Waals surface area contributed by atoms with Crippen molar-refractivity contribution in [2.75, 3.05) is 5.32 Å². The van der Waals surface area contributed by atoms with E-state index in [1.807, 2.05) is 25.1 Å². The van der Waals surface area contributed by atoms with Gasteiger partial charge in [-0.1, -0.05) is 6.07 Å². The number of aromatic amines is 1. The summed E-state index contributed by atoms with van der Waals surface area (Å²) in [6.07, 6.45) is 0. The van der Waals surface area contributed by atoms with Gasteiger partial charge in [0, 0.05) is 17.8 Å². The minimum Gasteiger partial charge on any atom is -0.350 e. The maximum atomic E-state index is 10.7. The van der Waals surface area contributed by atoms with Crippen molar-refractivity contribution in [1.29, 1.82) is 0 Å². The molecule has 106 valence electrons. The van der Waals surface area contributed by atoms with Crippen LogP contribution in [-0.2, 0) is 6.54 Å². The molecule has 0 aliphatic rings. The number of hydrogen-bond acceptors (Lipinski definition) is 5. The summed E-state index contributed by atoms with van der Waals surface area (Å²) in [7, 11) is 0. The molecule has 0 fully saturated rings. The van der Waals surface area contributed by atoms with Gasteiger partial charge in [-0.05, 0) is 25.1 Å². The van der Waals surface area contributed by atoms with Crippen LogP contribution in [0, 0.1) is 17.0 Å². The number of fused-ring (bicyclic) bond motifs is 1. The highest BCUT2D eigenvalue weighted by molar-refractivity contribution is 5.79. The summed E-state index contributed by atoms with van der Waals surface area (Å²) in [5.74, 6) is 0.564. The number of hydrogen-bond donors (Lipinski definition) is 2. The second kappa shape index (κ2) is 5.20. The molecule has 0 atom stereocenters. The first-order valence-corrected chi connectivity index (χ1v) is 6.42. The topological polar surface area (TPSA) is 96.7 Å². The lowest BCUT2D eigenvalue weighted by Gasteiger charge is -2.02. The predicted octanol–water partition coefficient (Wildman–Crippen LogP) is 2.79. The zero-order chi connectivity index (χ0) is 14.8. The molecule has 0 spiro atoms. The fourth-order valence-electron chi connectivity index (χ4n) is 2.07. The number of imidazole rings is 1. The van der Waals surface area contributed by atoms with Crippen LogP contribution in [-0.4, -0.2) is 19.9 Å². The predicted molar refractivity (Wildman–Crippen MR) is 79.0 cm³/mol. The van der Waals surface area contributed by atoms with Gasteiger partial charge in [-0.2, -0.15) is 0 Å². The van der Waals surface area contributed by atoms with E-state index in [1.165, 1.54) is 12.1 Å². The van der Waals surface area contributed by atoms with E-state index < -0.39 is 4.92 Å². The number of H-pyrrole nitrogens is 1. The van der Waals surface area contributed by atoms with E-state index in [0.717, 1.165) is 11.4 Å². The zero-order valence-corrected chi connectivity index (χ0v) is 11.3. The second-order valence-corrected chi connectivity index (χ2v) is 4.67. The van der Waals surface area contributed by atoms with Crippen LogP contribution >= 0.6 is 0 Å². The third-order valence-electron chi connectivity index (χ3n) is 3.06. The number of pyridine rings is 1. The zero-order valence-electron chi connectivity index (χ0n) is 11.3. The first-order chi connectivity index (χ1) is 10.1. The fraction of sp³-hybridized carbons (Fsp3) is 0.143. The van der Waals surface area contributed by atoms with E-state index >= 15 is 0 Å². The molecule has 2 aromatic heterocycles. The highest BCUT2D eigenvalue weighted by atomic mass is 16.6. The number of nitrogens with one attached hydrogen (secondary N) is 2. The van der Waals surface area contributed by atoms with Crippen molar-refractivity contribution in [2.45, 2.75) is 13.5 Å². The van der Waals surface area contributed by atoms with E-state index in [0.29, 0.717) is 23.5 Å². The molecular formula is C14H13N5O2. The molecule has 2 heterocycles. The Hall–Kier alpha value is -2.96. The Morgan fingerprint density at radius 2 is 2.14 bits per heavy atom. The molecule has 0 aliphatic carbocycles. The summed E-state index contributed by atoms with van der Waals surface area (Å²) < 4.78 is 0. The van der Waals surface area contributed by atoms with Gasteiger partial charge in [-0.25, -0.2) is 4.98 Å². The maximum absolute atomic E-state index is 10.7. The Morgan fingerprint density at radius 1 is 1.29 bits per heavy atom. The van der Waals surface area contributed by atoms with E-state index in [4.69, 9.17) is 0 Å². The Balaban J connectivity index is 1.80. The van der Waals surface area contributed by atoms with Crippen molar-refractivity contribution in [3.8, 4) is 0 Å². The van der Waals surface area contributed by atoms with Crippen molar-refractivity contribution in [2.24, 2.45) is 0 Å². The van der Waals surface area contributed by atoms with Crippen LogP contribution in [0.1, 0.15) is 11.4 Å². The lowest BCUT2D eigenvalue weighted by Crippen LogP contribution is -2.03. The number of non-ortho nitro benzene ring substituents is 1. The Morgan fingerprint density at radius 3 is 2.90 bits per heavy atom. The number of aromatic nitrogens is 3. The van der Waals surface area contributed by atoms with E-state index in [2.05, 4.69) is 20.3 Å². The molecule has 7 heteroatoms. The van der Waals surface area contributed by atoms with Crippen LogP contribution < -0.4 is 5.32 Å². The average molecular weight is 283 g/mol. The fourth-order valence-corrected chi connectivity index (χ4v) is 2.07. The van der Waals surface area contributed by atoms with Crippen molar-refractivity contribution in [1.82, 2.24) is 15.0 Å². The van der Waals surface area contributed by atoms with Gasteiger partial charge in [0.25, 0.3) is 5.69 Å². The number of anilines is 1. The Kier molecular flexibility index (Phi) is 3.23. The number of aryl methyl sites for hydroxylation is 1. The monoisotopic (exact) mass is 283 g/mol. The molecule has 0 aliphatic heterocycles. The van der Waals surface area contributed by atoms with E-state index in [-0.39, 0.29) is 5.69 Å². The quantitative estimate of drug-likeness (QED) is 0.567.